The molecule has 0 spiro atoms. The highest BCUT2D eigenvalue weighted by Crippen LogP contribution is 2.42. The fourth-order valence-corrected chi connectivity index (χ4v) is 7.39. The van der Waals surface area contributed by atoms with E-state index >= 15 is 8.78 Å². The molecular weight excluding hydrogens is 1050 g/mol. The first-order chi connectivity index (χ1) is 35.9. The molecule has 1 saturated heterocycles. The predicted octanol–water partition coefficient (Wildman–Crippen LogP) is 5.24. The van der Waals surface area contributed by atoms with Crippen LogP contribution in [0.2, 0.25) is 0 Å². The summed E-state index contributed by atoms with van der Waals surface area (Å²) >= 11 is 0. The summed E-state index contributed by atoms with van der Waals surface area (Å²) in [4.78, 5) is 76.7. The first-order valence-electron chi connectivity index (χ1n) is 23.0. The van der Waals surface area contributed by atoms with Gasteiger partial charge in [-0.3, -0.25) is 19.8 Å². The summed E-state index contributed by atoms with van der Waals surface area (Å²) < 4.78 is 155. The number of aliphatic hydroxyl groups is 1. The minimum atomic E-state index is -5.24. The number of alkyl halides is 8. The van der Waals surface area contributed by atoms with Crippen LogP contribution in [0.15, 0.2) is 61.1 Å². The summed E-state index contributed by atoms with van der Waals surface area (Å²) in [5.41, 5.74) is -4.83. The van der Waals surface area contributed by atoms with Crippen molar-refractivity contribution in [2.45, 2.75) is 83.8 Å². The van der Waals surface area contributed by atoms with Crippen molar-refractivity contribution in [3.63, 3.8) is 0 Å². The third-order valence-electron chi connectivity index (χ3n) is 12.5. The molecule has 4 atom stereocenters. The first-order valence-corrected chi connectivity index (χ1v) is 23.0. The Labute approximate surface area is 433 Å². The van der Waals surface area contributed by atoms with E-state index in [1.54, 1.807) is 22.2 Å². The van der Waals surface area contributed by atoms with Gasteiger partial charge in [-0.25, -0.2) is 38.0 Å². The van der Waals surface area contributed by atoms with E-state index in [1.165, 1.54) is 36.7 Å². The molecule has 1 aliphatic heterocycles. The smallest absolute Gasteiger partial charge is 0.407 e. The third-order valence-corrected chi connectivity index (χ3v) is 12.5. The fourth-order valence-electron chi connectivity index (χ4n) is 7.39. The molecule has 5 amide bonds. The number of piperazine rings is 1. The van der Waals surface area contributed by atoms with Gasteiger partial charge in [0.2, 0.25) is 17.8 Å². The van der Waals surface area contributed by atoms with Crippen LogP contribution in [0, 0.1) is 34.3 Å². The predicted molar refractivity (Wildman–Crippen MR) is 252 cm³/mol. The van der Waals surface area contributed by atoms with Gasteiger partial charge in [-0.05, 0) is 70.0 Å². The number of methoxy groups -OCH3 is 2. The molecule has 19 nitrogen and oxygen atoms in total. The molecule has 0 saturated carbocycles. The number of anilines is 1. The van der Waals surface area contributed by atoms with Crippen molar-refractivity contribution in [2.24, 2.45) is 10.8 Å². The Balaban J connectivity index is 1.53. The number of nitrogens with zero attached hydrogens (tertiary/aromatic N) is 7. The van der Waals surface area contributed by atoms with E-state index in [4.69, 9.17) is 0 Å². The Bertz CT molecular complexity index is 2800. The number of ether oxygens (including phenoxy) is 2. The normalized spacial score (nSPS) is 15.0. The molecule has 1 unspecified atom stereocenters. The lowest BCUT2D eigenvalue weighted by molar-refractivity contribution is -0.221. The van der Waals surface area contributed by atoms with Crippen LogP contribution in [0.1, 0.15) is 56.5 Å². The van der Waals surface area contributed by atoms with Gasteiger partial charge in [0.15, 0.2) is 0 Å². The van der Waals surface area contributed by atoms with Gasteiger partial charge in [0.1, 0.15) is 23.7 Å². The fraction of sp³-hybridized carbons (Fsp3) is 0.458. The molecule has 0 aliphatic carbocycles. The van der Waals surface area contributed by atoms with Crippen LogP contribution in [0.3, 0.4) is 0 Å². The third kappa shape index (κ3) is 15.0. The van der Waals surface area contributed by atoms with Crippen LogP contribution in [-0.2, 0) is 36.8 Å². The lowest BCUT2D eigenvalue weighted by Crippen LogP contribution is -2.63. The lowest BCUT2D eigenvalue weighted by Gasteiger charge is -2.38. The molecule has 1 fully saturated rings. The molecule has 2 aromatic carbocycles. The molecular formula is C48H53F10N11O8. The van der Waals surface area contributed by atoms with Crippen LogP contribution >= 0.6 is 0 Å². The van der Waals surface area contributed by atoms with Crippen molar-refractivity contribution >= 4 is 35.9 Å². The molecule has 418 valence electrons. The van der Waals surface area contributed by atoms with Crippen molar-refractivity contribution in [3.8, 4) is 23.1 Å². The van der Waals surface area contributed by atoms with Crippen molar-refractivity contribution in [3.05, 3.63) is 94.9 Å². The zero-order valence-corrected chi connectivity index (χ0v) is 42.1. The molecule has 1 aliphatic rings. The van der Waals surface area contributed by atoms with Gasteiger partial charge in [0.05, 0.1) is 55.0 Å². The highest BCUT2D eigenvalue weighted by Gasteiger charge is 2.57. The standard InChI is InChI=1S/C48H53F10N11O8/c1-45(2,47(53,54)55)37(62-43(74)76-6)39(72)61-34(18-27-11-8-26(9-12-27)10-13-28-21-59-42(60-22-28)67-17-16-66(5)36(71)25-67)35(70)24-68(65-40(73)38(63-44(75)77-7)46(3,4)48(56,57)58)23-30-31(49)19-29(20-32(30)50)33-14-15-69(64-33)41(51)52/h8-9,11-12,14-15,19-22,34-35,37-38,41,70H,16-18,23-25H2,1-7H3,(H,61,72)(H,62,74)(H,63,75)(H,65,73)/t34-,35-,37?,38+/m0/s1. The Morgan fingerprint density at radius 1 is 0.792 bits per heavy atom. The number of nitrogens with one attached hydrogen (secondary N) is 4. The minimum Gasteiger partial charge on any atom is -0.453 e. The summed E-state index contributed by atoms with van der Waals surface area (Å²) in [5.74, 6) is -0.193. The van der Waals surface area contributed by atoms with E-state index in [0.717, 1.165) is 26.5 Å². The number of benzene rings is 2. The van der Waals surface area contributed by atoms with Crippen LogP contribution in [0.25, 0.3) is 11.3 Å². The average Bonchev–Trinajstić information content (AvgIpc) is 3.87. The second-order valence-corrected chi connectivity index (χ2v) is 18.7. The summed E-state index contributed by atoms with van der Waals surface area (Å²) in [6, 6.07) is 1.27. The lowest BCUT2D eigenvalue weighted by atomic mass is 9.82. The van der Waals surface area contributed by atoms with E-state index in [-0.39, 0.29) is 34.0 Å². The number of alkyl carbamates (subject to hydrolysis) is 2. The van der Waals surface area contributed by atoms with Gasteiger partial charge < -0.3 is 40.3 Å². The molecule has 29 heteroatoms. The van der Waals surface area contributed by atoms with Gasteiger partial charge >= 0.3 is 31.1 Å². The number of likely N-dealkylation sites (N-methyl/N-ethyl adjacent to an activating group) is 1. The van der Waals surface area contributed by atoms with Crippen molar-refractivity contribution in [2.75, 3.05) is 52.3 Å². The zero-order chi connectivity index (χ0) is 57.4. The summed E-state index contributed by atoms with van der Waals surface area (Å²) in [6.45, 7) is -2.18. The zero-order valence-electron chi connectivity index (χ0n) is 42.1. The van der Waals surface area contributed by atoms with Gasteiger partial charge in [-0.2, -0.15) is 40.2 Å². The summed E-state index contributed by atoms with van der Waals surface area (Å²) in [6.07, 6.45) is -12.4. The molecule has 0 radical (unpaired) electrons. The highest BCUT2D eigenvalue weighted by atomic mass is 19.4. The second-order valence-electron chi connectivity index (χ2n) is 18.7. The van der Waals surface area contributed by atoms with Crippen LogP contribution < -0.4 is 26.3 Å². The highest BCUT2D eigenvalue weighted by molar-refractivity contribution is 5.87. The average molecular weight is 1100 g/mol. The number of hydrazine groups is 1. The summed E-state index contributed by atoms with van der Waals surface area (Å²) in [5, 5.41) is 21.9. The number of aliphatic hydroxyl groups excluding tert-OH is 1. The number of hydrogen-bond acceptors (Lipinski definition) is 13. The van der Waals surface area contributed by atoms with E-state index < -0.39 is 115 Å². The quantitative estimate of drug-likeness (QED) is 0.0489. The van der Waals surface area contributed by atoms with Crippen molar-refractivity contribution in [1.29, 1.82) is 0 Å². The number of halogens is 10. The molecule has 5 N–H and O–H groups in total. The van der Waals surface area contributed by atoms with Gasteiger partial charge in [0, 0.05) is 68.5 Å². The Kier molecular flexibility index (Phi) is 19.1. The van der Waals surface area contributed by atoms with Crippen molar-refractivity contribution < 1.29 is 82.5 Å². The van der Waals surface area contributed by atoms with E-state index in [1.807, 2.05) is 10.7 Å². The van der Waals surface area contributed by atoms with Gasteiger partial charge in [0.25, 0.3) is 5.91 Å². The maximum atomic E-state index is 16.0. The Morgan fingerprint density at radius 3 is 1.82 bits per heavy atom. The number of amides is 5. The van der Waals surface area contributed by atoms with Gasteiger partial charge in [-0.1, -0.05) is 24.0 Å². The molecule has 77 heavy (non-hydrogen) atoms. The molecule has 5 rings (SSSR count). The van der Waals surface area contributed by atoms with E-state index in [0.29, 0.717) is 75.0 Å². The first kappa shape index (κ1) is 60.1. The van der Waals surface area contributed by atoms with Crippen LogP contribution in [0.4, 0.5) is 59.4 Å². The van der Waals surface area contributed by atoms with Gasteiger partial charge in [-0.15, -0.1) is 0 Å². The van der Waals surface area contributed by atoms with Crippen molar-refractivity contribution in [1.82, 2.24) is 51.0 Å². The number of carbonyl (C=O) groups excluding carboxylic acids is 5. The molecule has 3 heterocycles. The van der Waals surface area contributed by atoms with E-state index in [2.05, 4.69) is 41.7 Å². The molecule has 2 aromatic heterocycles. The Hall–Kier alpha value is -7.74. The maximum absolute atomic E-state index is 16.0. The Morgan fingerprint density at radius 2 is 1.32 bits per heavy atom. The number of aromatic nitrogens is 4. The number of carbonyl (C=O) groups is 5. The number of hydrogen-bond donors (Lipinski definition) is 5. The largest absolute Gasteiger partial charge is 0.453 e. The minimum absolute atomic E-state index is 0.0838. The topological polar surface area (TPSA) is 225 Å². The SMILES string of the molecule is COC(=O)NC(C(=O)N[C@@H](Cc1ccc(C#Cc2cnc(N3CCN(C)C(=O)C3)nc2)cc1)[C@@H](O)CN(Cc1c(F)cc(-c2ccn(C(F)F)n2)cc1F)NC(=O)[C@@H](NC(=O)OC)C(C)(C)C(F)(F)F)C(C)(C)C(F)(F)F. The van der Waals surface area contributed by atoms with Crippen LogP contribution in [-0.4, -0.2) is 149 Å². The second kappa shape index (κ2) is 24.5. The van der Waals surface area contributed by atoms with E-state index in [9.17, 15) is 64.2 Å². The molecule has 0 bridgehead atoms. The monoisotopic (exact) mass is 1100 g/mol. The maximum Gasteiger partial charge on any atom is 0.407 e. The number of rotatable bonds is 18. The summed E-state index contributed by atoms with van der Waals surface area (Å²) in [7, 11) is 3.25. The molecule has 4 aromatic rings. The van der Waals surface area contributed by atoms with Crippen LogP contribution in [0.5, 0.6) is 0 Å².